The Balaban J connectivity index is 1.64. The molecule has 26 heavy (non-hydrogen) atoms. The molecule has 138 valence electrons. The number of hydrogen-bond acceptors (Lipinski definition) is 5. The molecule has 1 aliphatic heterocycles. The number of hydrazine groups is 1. The highest BCUT2D eigenvalue weighted by Crippen LogP contribution is 2.28. The molecular weight excluding hydrogens is 330 g/mol. The van der Waals surface area contributed by atoms with Gasteiger partial charge < -0.3 is 14.8 Å². The van der Waals surface area contributed by atoms with Gasteiger partial charge >= 0.3 is 0 Å². The molecule has 0 aliphatic carbocycles. The fourth-order valence-electron chi connectivity index (χ4n) is 3.14. The second-order valence-corrected chi connectivity index (χ2v) is 6.16. The molecule has 1 fully saturated rings. The van der Waals surface area contributed by atoms with Gasteiger partial charge in [0, 0.05) is 13.1 Å². The highest BCUT2D eigenvalue weighted by molar-refractivity contribution is 5.80. The van der Waals surface area contributed by atoms with Crippen molar-refractivity contribution in [3.8, 4) is 11.5 Å². The summed E-state index contributed by atoms with van der Waals surface area (Å²) in [6, 6.07) is 15.7. The minimum atomic E-state index is -0.165. The maximum Gasteiger partial charge on any atom is 0.226 e. The van der Waals surface area contributed by atoms with E-state index in [1.807, 2.05) is 55.5 Å². The molecule has 1 saturated heterocycles. The molecule has 0 aromatic heterocycles. The summed E-state index contributed by atoms with van der Waals surface area (Å²) in [5.74, 6) is 1.23. The summed E-state index contributed by atoms with van der Waals surface area (Å²) in [7, 11) is 1.61. The minimum Gasteiger partial charge on any atom is -0.493 e. The average molecular weight is 355 g/mol. The maximum absolute atomic E-state index is 12.7. The predicted molar refractivity (Wildman–Crippen MR) is 99.8 cm³/mol. The number of carbonyl (C=O) groups is 1. The lowest BCUT2D eigenvalue weighted by Crippen LogP contribution is -2.34. The highest BCUT2D eigenvalue weighted by atomic mass is 16.5. The number of methoxy groups -OCH3 is 1. The van der Waals surface area contributed by atoms with E-state index in [0.29, 0.717) is 31.2 Å². The number of nitrogens with one attached hydrogen (secondary N) is 3. The van der Waals surface area contributed by atoms with Crippen LogP contribution in [0.1, 0.15) is 24.1 Å². The lowest BCUT2D eigenvalue weighted by atomic mass is 9.94. The number of amides is 1. The minimum absolute atomic E-state index is 0.0186. The number of ether oxygens (including phenoxy) is 2. The topological polar surface area (TPSA) is 71.6 Å². The van der Waals surface area contributed by atoms with Crippen LogP contribution in [-0.4, -0.2) is 26.2 Å². The molecule has 1 heterocycles. The van der Waals surface area contributed by atoms with Crippen LogP contribution in [0.2, 0.25) is 0 Å². The fourth-order valence-corrected chi connectivity index (χ4v) is 3.14. The summed E-state index contributed by atoms with van der Waals surface area (Å²) in [6.45, 7) is 3.53. The largest absolute Gasteiger partial charge is 0.493 e. The molecule has 2 unspecified atom stereocenters. The van der Waals surface area contributed by atoms with Crippen molar-refractivity contribution in [3.05, 3.63) is 59.7 Å². The van der Waals surface area contributed by atoms with Crippen LogP contribution in [0.15, 0.2) is 48.5 Å². The van der Waals surface area contributed by atoms with Crippen LogP contribution in [0.5, 0.6) is 11.5 Å². The second kappa shape index (κ2) is 8.69. The van der Waals surface area contributed by atoms with Crippen LogP contribution in [-0.2, 0) is 11.3 Å². The van der Waals surface area contributed by atoms with Crippen molar-refractivity contribution in [3.63, 3.8) is 0 Å². The van der Waals surface area contributed by atoms with Crippen LogP contribution in [0.4, 0.5) is 0 Å². The summed E-state index contributed by atoms with van der Waals surface area (Å²) in [6.07, 6.45) is 0. The summed E-state index contributed by atoms with van der Waals surface area (Å²) in [5, 5.41) is 3.03. The van der Waals surface area contributed by atoms with Crippen molar-refractivity contribution in [2.24, 2.45) is 5.92 Å². The molecule has 0 radical (unpaired) electrons. The van der Waals surface area contributed by atoms with Gasteiger partial charge in [-0.25, -0.2) is 5.43 Å². The maximum atomic E-state index is 12.7. The molecule has 2 aromatic rings. The fraction of sp³-hybridized carbons (Fsp3) is 0.350. The first-order chi connectivity index (χ1) is 12.7. The Morgan fingerprint density at radius 1 is 1.19 bits per heavy atom. The van der Waals surface area contributed by atoms with Crippen LogP contribution in [0, 0.1) is 5.92 Å². The molecule has 0 saturated carbocycles. The third-order valence-corrected chi connectivity index (χ3v) is 4.47. The van der Waals surface area contributed by atoms with Gasteiger partial charge in [-0.05, 0) is 30.2 Å². The Morgan fingerprint density at radius 2 is 2.00 bits per heavy atom. The van der Waals surface area contributed by atoms with Gasteiger partial charge in [-0.2, -0.15) is 0 Å². The zero-order chi connectivity index (χ0) is 18.4. The smallest absolute Gasteiger partial charge is 0.226 e. The van der Waals surface area contributed by atoms with Crippen molar-refractivity contribution in [2.75, 3.05) is 20.3 Å². The Bertz CT molecular complexity index is 736. The lowest BCUT2D eigenvalue weighted by Gasteiger charge is -2.18. The molecule has 3 N–H and O–H groups in total. The monoisotopic (exact) mass is 355 g/mol. The number of hydrogen-bond donors (Lipinski definition) is 3. The van der Waals surface area contributed by atoms with E-state index < -0.39 is 0 Å². The third kappa shape index (κ3) is 4.15. The van der Waals surface area contributed by atoms with Gasteiger partial charge in [-0.15, -0.1) is 0 Å². The standard InChI is InChI=1S/C20H25N3O3/c1-3-26-18-11-14(9-10-17(18)25-2)12-21-20(24)16-13-22-23-19(16)15-7-5-4-6-8-15/h4-11,16,19,22-23H,3,12-13H2,1-2H3,(H,21,24). The van der Waals surface area contributed by atoms with Crippen molar-refractivity contribution >= 4 is 5.91 Å². The molecule has 1 amide bonds. The van der Waals surface area contributed by atoms with Gasteiger partial charge in [0.15, 0.2) is 11.5 Å². The molecular formula is C20H25N3O3. The second-order valence-electron chi connectivity index (χ2n) is 6.16. The zero-order valence-corrected chi connectivity index (χ0v) is 15.1. The summed E-state index contributed by atoms with van der Waals surface area (Å²) in [5.41, 5.74) is 8.36. The van der Waals surface area contributed by atoms with Gasteiger partial charge in [-0.3, -0.25) is 10.2 Å². The molecule has 1 aliphatic rings. The van der Waals surface area contributed by atoms with Crippen molar-refractivity contribution < 1.29 is 14.3 Å². The zero-order valence-electron chi connectivity index (χ0n) is 15.1. The lowest BCUT2D eigenvalue weighted by molar-refractivity contribution is -0.125. The van der Waals surface area contributed by atoms with Gasteiger partial charge in [0.25, 0.3) is 0 Å². The van der Waals surface area contributed by atoms with Crippen LogP contribution in [0.25, 0.3) is 0 Å². The molecule has 2 aromatic carbocycles. The summed E-state index contributed by atoms with van der Waals surface area (Å²) in [4.78, 5) is 12.7. The van der Waals surface area contributed by atoms with Gasteiger partial charge in [0.05, 0.1) is 25.7 Å². The van der Waals surface area contributed by atoms with E-state index in [0.717, 1.165) is 11.1 Å². The third-order valence-electron chi connectivity index (χ3n) is 4.47. The van der Waals surface area contributed by atoms with Crippen LogP contribution in [0.3, 0.4) is 0 Å². The Morgan fingerprint density at radius 3 is 2.73 bits per heavy atom. The molecule has 0 spiro atoms. The molecule has 0 bridgehead atoms. The van der Waals surface area contributed by atoms with Crippen LogP contribution >= 0.6 is 0 Å². The number of benzene rings is 2. The Hall–Kier alpha value is -2.57. The average Bonchev–Trinajstić information content (AvgIpc) is 3.17. The molecule has 2 atom stereocenters. The van der Waals surface area contributed by atoms with Crippen molar-refractivity contribution in [2.45, 2.75) is 19.5 Å². The number of carbonyl (C=O) groups excluding carboxylic acids is 1. The van der Waals surface area contributed by atoms with E-state index in [1.54, 1.807) is 7.11 Å². The summed E-state index contributed by atoms with van der Waals surface area (Å²) < 4.78 is 10.9. The predicted octanol–water partition coefficient (Wildman–Crippen LogP) is 2.18. The Kier molecular flexibility index (Phi) is 6.09. The van der Waals surface area contributed by atoms with E-state index in [2.05, 4.69) is 16.2 Å². The SMILES string of the molecule is CCOc1cc(CNC(=O)C2CNNC2c2ccccc2)ccc1OC. The molecule has 6 heteroatoms. The van der Waals surface area contributed by atoms with Gasteiger partial charge in [-0.1, -0.05) is 36.4 Å². The van der Waals surface area contributed by atoms with E-state index in [-0.39, 0.29) is 17.9 Å². The van der Waals surface area contributed by atoms with Gasteiger partial charge in [0.2, 0.25) is 5.91 Å². The first kappa shape index (κ1) is 18.2. The van der Waals surface area contributed by atoms with E-state index in [4.69, 9.17) is 9.47 Å². The first-order valence-corrected chi connectivity index (χ1v) is 8.83. The van der Waals surface area contributed by atoms with Crippen LogP contribution < -0.4 is 25.6 Å². The Labute approximate surface area is 153 Å². The quantitative estimate of drug-likeness (QED) is 0.710. The van der Waals surface area contributed by atoms with E-state index in [9.17, 15) is 4.79 Å². The van der Waals surface area contributed by atoms with Gasteiger partial charge in [0.1, 0.15) is 0 Å². The highest BCUT2D eigenvalue weighted by Gasteiger charge is 2.33. The normalized spacial score (nSPS) is 19.2. The van der Waals surface area contributed by atoms with Crippen molar-refractivity contribution in [1.29, 1.82) is 0 Å². The molecule has 6 nitrogen and oxygen atoms in total. The first-order valence-electron chi connectivity index (χ1n) is 8.83. The van der Waals surface area contributed by atoms with E-state index in [1.165, 1.54) is 0 Å². The van der Waals surface area contributed by atoms with E-state index >= 15 is 0 Å². The molecule has 3 rings (SSSR count). The summed E-state index contributed by atoms with van der Waals surface area (Å²) >= 11 is 0. The number of rotatable bonds is 7. The van der Waals surface area contributed by atoms with Crippen molar-refractivity contribution in [1.82, 2.24) is 16.2 Å².